The fraction of sp³-hybridized carbons (Fsp3) is 0.500. The number of rotatable bonds is 5. The molecule has 0 spiro atoms. The predicted molar refractivity (Wildman–Crippen MR) is 139 cm³/mol. The van der Waals surface area contributed by atoms with Crippen LogP contribution >= 0.6 is 0 Å². The molecule has 208 valence electrons. The second-order valence-electron chi connectivity index (χ2n) is 12.3. The number of phenols is 1. The molecule has 9 heteroatoms. The lowest BCUT2D eigenvalue weighted by atomic mass is 9.44. The number of phenolic OH excluding ortho intramolecular Hbond substituents is 1. The minimum Gasteiger partial charge on any atom is -0.511 e. The highest BCUT2D eigenvalue weighted by Crippen LogP contribution is 2.65. The van der Waals surface area contributed by atoms with Crippen LogP contribution in [0.15, 0.2) is 34.8 Å². The molecule has 0 saturated heterocycles. The summed E-state index contributed by atoms with van der Waals surface area (Å²) in [6, 6.07) is 2.41. The van der Waals surface area contributed by atoms with Crippen LogP contribution in [0.25, 0.3) is 0 Å². The summed E-state index contributed by atoms with van der Waals surface area (Å²) >= 11 is 0. The van der Waals surface area contributed by atoms with E-state index in [1.807, 2.05) is 0 Å². The summed E-state index contributed by atoms with van der Waals surface area (Å²) in [5.74, 6) is -8.23. The second kappa shape index (κ2) is 8.71. The maximum atomic E-state index is 14.0. The van der Waals surface area contributed by atoms with E-state index in [0.717, 1.165) is 13.0 Å². The van der Waals surface area contributed by atoms with Crippen LogP contribution in [0.1, 0.15) is 81.2 Å². The standard InChI is InChI=1S/C30H34O9/c1-12(2)20-24(35)18(14(5)31)26(37)30(39)27(38)21-25(36)19-16(10-28(21,6)11-29(20,30)7)15(8-9-17(19)32)23(34)22(33)13(3)4/h8-9,12-13,20,32,35,38-39H,10-11H2,1-7H3/t20?,28-,29-,30+/m1/s1. The van der Waals surface area contributed by atoms with Gasteiger partial charge in [0.25, 0.3) is 0 Å². The van der Waals surface area contributed by atoms with E-state index in [-0.39, 0.29) is 35.1 Å². The van der Waals surface area contributed by atoms with Gasteiger partial charge in [0.1, 0.15) is 22.8 Å². The molecule has 0 saturated carbocycles. The van der Waals surface area contributed by atoms with Crippen LogP contribution in [0.3, 0.4) is 0 Å². The molecule has 4 N–H and O–H groups in total. The van der Waals surface area contributed by atoms with Crippen molar-refractivity contribution in [3.8, 4) is 5.75 Å². The van der Waals surface area contributed by atoms with Crippen molar-refractivity contribution in [3.05, 3.63) is 51.5 Å². The van der Waals surface area contributed by atoms with Gasteiger partial charge in [-0.3, -0.25) is 24.0 Å². The van der Waals surface area contributed by atoms with E-state index < -0.39 is 85.9 Å². The van der Waals surface area contributed by atoms with Crippen LogP contribution in [-0.4, -0.2) is 54.9 Å². The Balaban J connectivity index is 2.05. The molecule has 4 rings (SSSR count). The number of hydrogen-bond donors (Lipinski definition) is 4. The van der Waals surface area contributed by atoms with Crippen LogP contribution in [0.5, 0.6) is 5.75 Å². The summed E-state index contributed by atoms with van der Waals surface area (Å²) in [5.41, 5.74) is -6.70. The maximum absolute atomic E-state index is 14.0. The highest BCUT2D eigenvalue weighted by molar-refractivity contribution is 6.44. The number of fused-ring (bicyclic) bond motifs is 3. The number of aromatic hydroxyl groups is 1. The van der Waals surface area contributed by atoms with Gasteiger partial charge in [-0.05, 0) is 43.4 Å². The zero-order valence-electron chi connectivity index (χ0n) is 23.1. The van der Waals surface area contributed by atoms with Crippen molar-refractivity contribution in [2.75, 3.05) is 0 Å². The van der Waals surface area contributed by atoms with Crippen molar-refractivity contribution in [1.82, 2.24) is 0 Å². The number of carbonyl (C=O) groups excluding carboxylic acids is 5. The normalized spacial score (nSPS) is 30.4. The average molecular weight is 539 g/mol. The first-order valence-electron chi connectivity index (χ1n) is 13.0. The molecular weight excluding hydrogens is 504 g/mol. The molecule has 9 nitrogen and oxygen atoms in total. The zero-order valence-corrected chi connectivity index (χ0v) is 23.1. The van der Waals surface area contributed by atoms with Gasteiger partial charge >= 0.3 is 0 Å². The Morgan fingerprint density at radius 2 is 1.59 bits per heavy atom. The average Bonchev–Trinajstić information content (AvgIpc) is 2.80. The number of Topliss-reactive ketones (excluding diaryl/α,β-unsaturated/α-hetero) is 5. The van der Waals surface area contributed by atoms with Crippen molar-refractivity contribution in [2.45, 2.75) is 66.9 Å². The summed E-state index contributed by atoms with van der Waals surface area (Å²) < 4.78 is 0. The highest BCUT2D eigenvalue weighted by Gasteiger charge is 2.71. The minimum absolute atomic E-state index is 0.0395. The van der Waals surface area contributed by atoms with Crippen LogP contribution < -0.4 is 0 Å². The van der Waals surface area contributed by atoms with Gasteiger partial charge in [0.2, 0.25) is 17.3 Å². The maximum Gasteiger partial charge on any atom is 0.229 e. The molecule has 0 aliphatic heterocycles. The molecule has 1 aromatic carbocycles. The Bertz CT molecular complexity index is 1440. The molecule has 0 fully saturated rings. The fourth-order valence-electron chi connectivity index (χ4n) is 7.34. The van der Waals surface area contributed by atoms with Crippen LogP contribution in [0.2, 0.25) is 0 Å². The van der Waals surface area contributed by atoms with E-state index in [1.54, 1.807) is 34.6 Å². The lowest BCUT2D eigenvalue weighted by Crippen LogP contribution is -2.67. The molecule has 0 radical (unpaired) electrons. The summed E-state index contributed by atoms with van der Waals surface area (Å²) in [6.45, 7) is 10.9. The molecule has 39 heavy (non-hydrogen) atoms. The quantitative estimate of drug-likeness (QED) is 0.248. The summed E-state index contributed by atoms with van der Waals surface area (Å²) in [6.07, 6.45) is -0.185. The number of aliphatic hydroxyl groups excluding tert-OH is 2. The van der Waals surface area contributed by atoms with E-state index in [2.05, 4.69) is 0 Å². The summed E-state index contributed by atoms with van der Waals surface area (Å²) in [7, 11) is 0. The SMILES string of the molecule is CC(=O)C1=C(O)C(C(C)C)[C@@]2(C)C[C@@]3(C)Cc4c(C(=O)C(=O)C(C)C)ccc(O)c4C(=O)C3=C(O)[C@@]2(O)C1=O. The Morgan fingerprint density at radius 3 is 2.10 bits per heavy atom. The van der Waals surface area contributed by atoms with Gasteiger partial charge in [0, 0.05) is 33.8 Å². The predicted octanol–water partition coefficient (Wildman–Crippen LogP) is 3.75. The van der Waals surface area contributed by atoms with E-state index in [4.69, 9.17) is 0 Å². The third kappa shape index (κ3) is 3.51. The largest absolute Gasteiger partial charge is 0.511 e. The number of carbonyl (C=O) groups is 5. The first kappa shape index (κ1) is 28.4. The van der Waals surface area contributed by atoms with E-state index in [0.29, 0.717) is 0 Å². The second-order valence-corrected chi connectivity index (χ2v) is 12.3. The molecule has 3 aliphatic rings. The van der Waals surface area contributed by atoms with Crippen molar-refractivity contribution in [3.63, 3.8) is 0 Å². The van der Waals surface area contributed by atoms with Gasteiger partial charge in [0.05, 0.1) is 5.56 Å². The van der Waals surface area contributed by atoms with Crippen molar-refractivity contribution in [2.24, 2.45) is 28.6 Å². The van der Waals surface area contributed by atoms with Gasteiger partial charge in [-0.2, -0.15) is 0 Å². The molecular formula is C30H34O9. The lowest BCUT2D eigenvalue weighted by molar-refractivity contribution is -0.171. The van der Waals surface area contributed by atoms with Gasteiger partial charge in [0.15, 0.2) is 17.2 Å². The Hall–Kier alpha value is -3.59. The van der Waals surface area contributed by atoms with Crippen LogP contribution in [0, 0.1) is 28.6 Å². The molecule has 0 bridgehead atoms. The third-order valence-electron chi connectivity index (χ3n) is 8.88. The lowest BCUT2D eigenvalue weighted by Gasteiger charge is -2.59. The molecule has 0 aromatic heterocycles. The van der Waals surface area contributed by atoms with Crippen molar-refractivity contribution >= 4 is 28.9 Å². The van der Waals surface area contributed by atoms with Crippen molar-refractivity contribution < 1.29 is 44.4 Å². The summed E-state index contributed by atoms with van der Waals surface area (Å²) in [5, 5.41) is 45.5. The van der Waals surface area contributed by atoms with Gasteiger partial charge in [-0.15, -0.1) is 0 Å². The van der Waals surface area contributed by atoms with Gasteiger partial charge < -0.3 is 20.4 Å². The molecule has 1 aromatic rings. The first-order chi connectivity index (χ1) is 17.9. The molecule has 0 heterocycles. The van der Waals surface area contributed by atoms with E-state index >= 15 is 0 Å². The number of allylic oxidation sites excluding steroid dienone is 2. The van der Waals surface area contributed by atoms with Crippen molar-refractivity contribution in [1.29, 1.82) is 0 Å². The molecule has 0 amide bonds. The molecule has 1 unspecified atom stereocenters. The molecule has 4 atom stereocenters. The van der Waals surface area contributed by atoms with Gasteiger partial charge in [-0.1, -0.05) is 41.5 Å². The topological polar surface area (TPSA) is 166 Å². The number of aliphatic hydroxyl groups is 3. The highest BCUT2D eigenvalue weighted by atomic mass is 16.3. The van der Waals surface area contributed by atoms with E-state index in [9.17, 15) is 44.4 Å². The third-order valence-corrected chi connectivity index (χ3v) is 8.88. The van der Waals surface area contributed by atoms with Crippen LogP contribution in [-0.2, 0) is 20.8 Å². The Kier molecular flexibility index (Phi) is 6.35. The Labute approximate surface area is 226 Å². The van der Waals surface area contributed by atoms with E-state index in [1.165, 1.54) is 13.0 Å². The minimum atomic E-state index is -2.71. The fourth-order valence-corrected chi connectivity index (χ4v) is 7.34. The molecule has 3 aliphatic carbocycles. The number of ketones is 5. The Morgan fingerprint density at radius 1 is 1.00 bits per heavy atom. The number of hydrogen-bond acceptors (Lipinski definition) is 9. The monoisotopic (exact) mass is 538 g/mol. The van der Waals surface area contributed by atoms with Crippen LogP contribution in [0.4, 0.5) is 0 Å². The zero-order chi connectivity index (χ0) is 29.6. The number of benzene rings is 1. The first-order valence-corrected chi connectivity index (χ1v) is 13.0. The van der Waals surface area contributed by atoms with Gasteiger partial charge in [-0.25, -0.2) is 0 Å². The smallest absolute Gasteiger partial charge is 0.229 e. The summed E-state index contributed by atoms with van der Waals surface area (Å²) in [4.78, 5) is 65.8.